The highest BCUT2D eigenvalue weighted by Crippen LogP contribution is 1.89. The predicted octanol–water partition coefficient (Wildman–Crippen LogP) is -0.633. The molecule has 1 unspecified atom stereocenters. The smallest absolute Gasteiger partial charge is 0.109 e. The molecule has 0 aliphatic carbocycles. The van der Waals surface area contributed by atoms with Crippen molar-refractivity contribution in [1.29, 1.82) is 0 Å². The fourth-order valence-electron chi connectivity index (χ4n) is 0.728. The van der Waals surface area contributed by atoms with Gasteiger partial charge in [-0.15, -0.1) is 0 Å². The van der Waals surface area contributed by atoms with Crippen LogP contribution in [-0.2, 0) is 10.8 Å². The summed E-state index contributed by atoms with van der Waals surface area (Å²) in [7, 11) is 1.05. The van der Waals surface area contributed by atoms with Gasteiger partial charge in [-0.2, -0.15) is 0 Å². The van der Waals surface area contributed by atoms with Crippen LogP contribution >= 0.6 is 0 Å². The van der Waals surface area contributed by atoms with Gasteiger partial charge < -0.3 is 5.32 Å². The van der Waals surface area contributed by atoms with Crippen molar-refractivity contribution in [3.8, 4) is 0 Å². The van der Waals surface area contributed by atoms with Gasteiger partial charge in [-0.25, -0.2) is 0 Å². The van der Waals surface area contributed by atoms with Crippen LogP contribution in [0.15, 0.2) is 4.99 Å². The molecular weight excluding hydrogens is 136 g/mol. The number of rotatable bonds is 0. The maximum atomic E-state index is 10.8. The molecule has 0 spiro atoms. The molecule has 0 amide bonds. The average Bonchev–Trinajstić information content (AvgIpc) is 1.88. The molecule has 1 atom stereocenters. The van der Waals surface area contributed by atoms with Crippen molar-refractivity contribution in [3.05, 3.63) is 0 Å². The molecule has 1 saturated heterocycles. The third-order valence-corrected chi connectivity index (χ3v) is 2.48. The van der Waals surface area contributed by atoms with E-state index >= 15 is 0 Å². The van der Waals surface area contributed by atoms with Crippen molar-refractivity contribution in [2.45, 2.75) is 0 Å². The van der Waals surface area contributed by atoms with E-state index in [1.54, 1.807) is 7.05 Å². The van der Waals surface area contributed by atoms with Crippen LogP contribution < -0.4 is 5.32 Å². The lowest BCUT2D eigenvalue weighted by atomic mass is 10.6. The van der Waals surface area contributed by atoms with Crippen molar-refractivity contribution >= 4 is 16.6 Å². The van der Waals surface area contributed by atoms with Gasteiger partial charge >= 0.3 is 0 Å². The van der Waals surface area contributed by atoms with Crippen LogP contribution in [0.25, 0.3) is 0 Å². The molecule has 0 saturated carbocycles. The molecule has 9 heavy (non-hydrogen) atoms. The Bertz CT molecular complexity index is 155. The first-order valence-electron chi connectivity index (χ1n) is 2.87. The predicted molar refractivity (Wildman–Crippen MR) is 39.2 cm³/mol. The van der Waals surface area contributed by atoms with Crippen molar-refractivity contribution < 1.29 is 4.21 Å². The van der Waals surface area contributed by atoms with Crippen molar-refractivity contribution in [1.82, 2.24) is 5.32 Å². The van der Waals surface area contributed by atoms with Gasteiger partial charge in [0.05, 0.1) is 5.75 Å². The second-order valence-corrected chi connectivity index (χ2v) is 3.46. The van der Waals surface area contributed by atoms with Crippen molar-refractivity contribution in [3.63, 3.8) is 0 Å². The number of aliphatic imine (C=N–C) groups is 1. The fourth-order valence-corrected chi connectivity index (χ4v) is 1.74. The number of amidine groups is 1. The Morgan fingerprint density at radius 1 is 1.78 bits per heavy atom. The van der Waals surface area contributed by atoms with Crippen molar-refractivity contribution in [2.24, 2.45) is 4.99 Å². The van der Waals surface area contributed by atoms with Crippen LogP contribution in [0.1, 0.15) is 0 Å². The summed E-state index contributed by atoms with van der Waals surface area (Å²) in [5.74, 6) is 2.25. The Labute approximate surface area is 57.0 Å². The Kier molecular flexibility index (Phi) is 2.22. The van der Waals surface area contributed by atoms with Crippen LogP contribution in [0.5, 0.6) is 0 Å². The molecule has 4 heteroatoms. The topological polar surface area (TPSA) is 41.5 Å². The van der Waals surface area contributed by atoms with Gasteiger partial charge in [0.1, 0.15) is 5.84 Å². The third kappa shape index (κ3) is 1.78. The van der Waals surface area contributed by atoms with Crippen LogP contribution in [-0.4, -0.2) is 35.1 Å². The van der Waals surface area contributed by atoms with E-state index < -0.39 is 10.8 Å². The summed E-state index contributed by atoms with van der Waals surface area (Å²) in [4.78, 5) is 3.91. The Morgan fingerprint density at radius 2 is 2.56 bits per heavy atom. The third-order valence-electron chi connectivity index (χ3n) is 1.23. The molecule has 52 valence electrons. The van der Waals surface area contributed by atoms with E-state index in [0.717, 1.165) is 18.1 Å². The van der Waals surface area contributed by atoms with E-state index in [4.69, 9.17) is 0 Å². The molecular formula is C5H10N2OS. The van der Waals surface area contributed by atoms with Gasteiger partial charge in [0.25, 0.3) is 0 Å². The van der Waals surface area contributed by atoms with Gasteiger partial charge in [0, 0.05) is 30.1 Å². The minimum Gasteiger partial charge on any atom is -0.372 e. The Hall–Kier alpha value is -0.380. The summed E-state index contributed by atoms with van der Waals surface area (Å²) in [6.07, 6.45) is 0. The summed E-state index contributed by atoms with van der Waals surface area (Å²) in [5, 5.41) is 3.06. The minimum absolute atomic E-state index is 0.608. The van der Waals surface area contributed by atoms with E-state index in [2.05, 4.69) is 10.3 Å². The van der Waals surface area contributed by atoms with Crippen LogP contribution in [0.4, 0.5) is 0 Å². The van der Waals surface area contributed by atoms with Crippen LogP contribution in [0, 0.1) is 0 Å². The molecule has 0 aromatic heterocycles. The lowest BCUT2D eigenvalue weighted by molar-refractivity contribution is 0.681. The summed E-state index contributed by atoms with van der Waals surface area (Å²) in [5.41, 5.74) is 0. The fraction of sp³-hybridized carbons (Fsp3) is 0.800. The van der Waals surface area contributed by atoms with E-state index in [9.17, 15) is 4.21 Å². The van der Waals surface area contributed by atoms with E-state index in [-0.39, 0.29) is 0 Å². The van der Waals surface area contributed by atoms with Gasteiger partial charge in [-0.3, -0.25) is 9.20 Å². The highest BCUT2D eigenvalue weighted by atomic mass is 32.2. The van der Waals surface area contributed by atoms with Crippen molar-refractivity contribution in [2.75, 3.05) is 25.1 Å². The molecule has 1 heterocycles. The molecule has 1 rings (SSSR count). The minimum atomic E-state index is -0.663. The highest BCUT2D eigenvalue weighted by molar-refractivity contribution is 7.85. The zero-order valence-electron chi connectivity index (χ0n) is 5.39. The summed E-state index contributed by atoms with van der Waals surface area (Å²) >= 11 is 0. The molecule has 1 fully saturated rings. The average molecular weight is 146 g/mol. The van der Waals surface area contributed by atoms with Gasteiger partial charge in [0.2, 0.25) is 0 Å². The first kappa shape index (κ1) is 6.74. The standard InChI is InChI=1S/C5H10N2OS/c1-6-5-4-9(8)3-2-7-5/h2-4H2,1H3,(H,6,7). The summed E-state index contributed by atoms with van der Waals surface area (Å²) < 4.78 is 10.8. The Balaban J connectivity index is 2.51. The second kappa shape index (κ2) is 2.96. The van der Waals surface area contributed by atoms with E-state index in [0.29, 0.717) is 5.75 Å². The molecule has 0 bridgehead atoms. The maximum Gasteiger partial charge on any atom is 0.109 e. The van der Waals surface area contributed by atoms with E-state index in [1.165, 1.54) is 0 Å². The first-order valence-corrected chi connectivity index (χ1v) is 4.36. The second-order valence-electron chi connectivity index (χ2n) is 1.89. The number of nitrogens with zero attached hydrogens (tertiary/aromatic N) is 1. The molecule has 0 aromatic carbocycles. The SMILES string of the molecule is CN=C1CS(=O)CCN1. The molecule has 1 aliphatic heterocycles. The molecule has 1 aliphatic rings. The Morgan fingerprint density at radius 3 is 3.00 bits per heavy atom. The molecule has 3 nitrogen and oxygen atoms in total. The monoisotopic (exact) mass is 146 g/mol. The zero-order valence-corrected chi connectivity index (χ0v) is 6.20. The largest absolute Gasteiger partial charge is 0.372 e. The number of hydrogen-bond acceptors (Lipinski definition) is 2. The molecule has 1 N–H and O–H groups in total. The zero-order chi connectivity index (χ0) is 6.69. The summed E-state index contributed by atoms with van der Waals surface area (Å²) in [6.45, 7) is 0.805. The lowest BCUT2D eigenvalue weighted by Gasteiger charge is -2.13. The molecule has 0 radical (unpaired) electrons. The lowest BCUT2D eigenvalue weighted by Crippen LogP contribution is -2.38. The normalized spacial score (nSPS) is 32.1. The van der Waals surface area contributed by atoms with Gasteiger partial charge in [0.15, 0.2) is 0 Å². The number of hydrogen-bond donors (Lipinski definition) is 1. The quantitative estimate of drug-likeness (QED) is 0.494. The molecule has 0 aromatic rings. The van der Waals surface area contributed by atoms with Crippen LogP contribution in [0.3, 0.4) is 0 Å². The maximum absolute atomic E-state index is 10.8. The summed E-state index contributed by atoms with van der Waals surface area (Å²) in [6, 6.07) is 0. The highest BCUT2D eigenvalue weighted by Gasteiger charge is 2.10. The van der Waals surface area contributed by atoms with Gasteiger partial charge in [-0.05, 0) is 0 Å². The first-order chi connectivity index (χ1) is 4.33. The van der Waals surface area contributed by atoms with Gasteiger partial charge in [-0.1, -0.05) is 0 Å². The number of nitrogens with one attached hydrogen (secondary N) is 1. The van der Waals surface area contributed by atoms with Crippen LogP contribution in [0.2, 0.25) is 0 Å². The van der Waals surface area contributed by atoms with E-state index in [1.807, 2.05) is 0 Å².